The molecule has 2 atom stereocenters. The van der Waals surface area contributed by atoms with Gasteiger partial charge in [0.15, 0.2) is 0 Å². The van der Waals surface area contributed by atoms with Gasteiger partial charge in [-0.3, -0.25) is 0 Å². The van der Waals surface area contributed by atoms with Gasteiger partial charge in [-0.15, -0.1) is 0 Å². The first-order valence-electron chi connectivity index (χ1n) is 9.14. The van der Waals surface area contributed by atoms with Gasteiger partial charge in [0, 0.05) is 12.2 Å². The zero-order chi connectivity index (χ0) is 16.2. The monoisotopic (exact) mass is 315 g/mol. The van der Waals surface area contributed by atoms with Crippen LogP contribution in [0.1, 0.15) is 24.8 Å². The summed E-state index contributed by atoms with van der Waals surface area (Å²) in [6.07, 6.45) is 11.8. The van der Waals surface area contributed by atoms with Gasteiger partial charge in [-0.1, -0.05) is 66.8 Å². The summed E-state index contributed by atoms with van der Waals surface area (Å²) in [6, 6.07) is 22.4. The number of nitrogens with zero attached hydrogens (tertiary/aromatic N) is 1. The highest BCUT2D eigenvalue weighted by atomic mass is 15.2. The number of hydrogen-bond acceptors (Lipinski definition) is 1. The molecule has 0 aromatic heterocycles. The first-order chi connectivity index (χ1) is 11.9. The van der Waals surface area contributed by atoms with Crippen LogP contribution < -0.4 is 4.90 Å². The maximum atomic E-state index is 2.63. The molecule has 122 valence electrons. The maximum Gasteiger partial charge on any atom is 0.0511 e. The standard InChI is InChI=1S/C23H25N/c1-3-9-19(10-4-1)15-16-23-22-14-8-7-11-20(22)17-18-24(23)21-12-5-2-6-13-21/h1-10,12-14,20,23H,11,15-18H2. The van der Waals surface area contributed by atoms with E-state index < -0.39 is 0 Å². The molecular weight excluding hydrogens is 290 g/mol. The van der Waals surface area contributed by atoms with Crippen LogP contribution in [0.3, 0.4) is 0 Å². The van der Waals surface area contributed by atoms with E-state index in [1.54, 1.807) is 5.57 Å². The number of hydrogen-bond donors (Lipinski definition) is 0. The van der Waals surface area contributed by atoms with Crippen molar-refractivity contribution < 1.29 is 0 Å². The third-order valence-corrected chi connectivity index (χ3v) is 5.43. The van der Waals surface area contributed by atoms with Crippen molar-refractivity contribution in [2.75, 3.05) is 11.4 Å². The van der Waals surface area contributed by atoms with Gasteiger partial charge < -0.3 is 4.90 Å². The fourth-order valence-corrected chi connectivity index (χ4v) is 4.19. The van der Waals surface area contributed by atoms with Crippen LogP contribution in [0, 0.1) is 5.92 Å². The molecule has 1 nitrogen and oxygen atoms in total. The molecule has 2 aliphatic rings. The Balaban J connectivity index is 1.60. The second kappa shape index (κ2) is 7.09. The van der Waals surface area contributed by atoms with Crippen LogP contribution in [-0.4, -0.2) is 12.6 Å². The second-order valence-corrected chi connectivity index (χ2v) is 6.89. The average Bonchev–Trinajstić information content (AvgIpc) is 2.67. The molecule has 0 radical (unpaired) electrons. The minimum atomic E-state index is 0.524. The first-order valence-corrected chi connectivity index (χ1v) is 9.14. The predicted molar refractivity (Wildman–Crippen MR) is 102 cm³/mol. The maximum absolute atomic E-state index is 2.63. The lowest BCUT2D eigenvalue weighted by atomic mass is 9.78. The predicted octanol–water partition coefficient (Wildman–Crippen LogP) is 5.40. The molecule has 1 saturated heterocycles. The van der Waals surface area contributed by atoms with Crippen molar-refractivity contribution in [1.29, 1.82) is 0 Å². The Morgan fingerprint density at radius 2 is 1.67 bits per heavy atom. The zero-order valence-electron chi connectivity index (χ0n) is 14.1. The molecule has 4 rings (SSSR count). The highest BCUT2D eigenvalue weighted by Gasteiger charge is 2.32. The second-order valence-electron chi connectivity index (χ2n) is 6.89. The molecule has 0 bridgehead atoms. The lowest BCUT2D eigenvalue weighted by Gasteiger charge is -2.44. The minimum absolute atomic E-state index is 0.524. The van der Waals surface area contributed by atoms with E-state index in [1.165, 1.54) is 37.1 Å². The van der Waals surface area contributed by atoms with E-state index in [2.05, 4.69) is 83.8 Å². The summed E-state index contributed by atoms with van der Waals surface area (Å²) in [5.74, 6) is 0.746. The number of piperidine rings is 1. The number of fused-ring (bicyclic) bond motifs is 1. The van der Waals surface area contributed by atoms with E-state index >= 15 is 0 Å². The van der Waals surface area contributed by atoms with E-state index in [-0.39, 0.29) is 0 Å². The number of para-hydroxylation sites is 1. The molecule has 1 fully saturated rings. The average molecular weight is 315 g/mol. The normalized spacial score (nSPS) is 22.8. The van der Waals surface area contributed by atoms with Crippen molar-refractivity contribution >= 4 is 5.69 Å². The molecule has 0 saturated carbocycles. The van der Waals surface area contributed by atoms with Gasteiger partial charge in [-0.2, -0.15) is 0 Å². The van der Waals surface area contributed by atoms with E-state index in [1.807, 2.05) is 0 Å². The van der Waals surface area contributed by atoms with Crippen molar-refractivity contribution in [3.8, 4) is 0 Å². The quantitative estimate of drug-likeness (QED) is 0.730. The molecular formula is C23H25N. The summed E-state index contributed by atoms with van der Waals surface area (Å²) in [7, 11) is 0. The molecule has 0 N–H and O–H groups in total. The molecule has 1 heteroatoms. The summed E-state index contributed by atoms with van der Waals surface area (Å²) in [4.78, 5) is 2.63. The van der Waals surface area contributed by atoms with Crippen LogP contribution in [0.4, 0.5) is 5.69 Å². The molecule has 1 aliphatic heterocycles. The van der Waals surface area contributed by atoms with Crippen LogP contribution in [0.25, 0.3) is 0 Å². The Morgan fingerprint density at radius 1 is 0.917 bits per heavy atom. The molecule has 1 aliphatic carbocycles. The zero-order valence-corrected chi connectivity index (χ0v) is 14.1. The molecule has 1 heterocycles. The number of aryl methyl sites for hydroxylation is 1. The van der Waals surface area contributed by atoms with E-state index in [9.17, 15) is 0 Å². The summed E-state index contributed by atoms with van der Waals surface area (Å²) in [5.41, 5.74) is 4.45. The van der Waals surface area contributed by atoms with Crippen LogP contribution in [-0.2, 0) is 6.42 Å². The Labute approximate surface area is 145 Å². The van der Waals surface area contributed by atoms with Crippen molar-refractivity contribution in [3.05, 3.63) is 90.0 Å². The van der Waals surface area contributed by atoms with Gasteiger partial charge in [0.1, 0.15) is 0 Å². The summed E-state index contributed by atoms with van der Waals surface area (Å²) in [5, 5.41) is 0. The summed E-state index contributed by atoms with van der Waals surface area (Å²) >= 11 is 0. The van der Waals surface area contributed by atoms with Gasteiger partial charge in [0.2, 0.25) is 0 Å². The number of benzene rings is 2. The van der Waals surface area contributed by atoms with Gasteiger partial charge in [0.05, 0.1) is 6.04 Å². The lowest BCUT2D eigenvalue weighted by Crippen LogP contribution is -2.45. The lowest BCUT2D eigenvalue weighted by molar-refractivity contribution is 0.428. The Kier molecular flexibility index (Phi) is 4.51. The number of anilines is 1. The fraction of sp³-hybridized carbons (Fsp3) is 0.304. The van der Waals surface area contributed by atoms with Crippen LogP contribution in [0.5, 0.6) is 0 Å². The first kappa shape index (κ1) is 15.3. The largest absolute Gasteiger partial charge is 0.365 e. The molecule has 2 unspecified atom stereocenters. The Bertz CT molecular complexity index is 714. The summed E-state index contributed by atoms with van der Waals surface area (Å²) < 4.78 is 0. The number of allylic oxidation sites excluding steroid dienone is 3. The van der Waals surface area contributed by atoms with Crippen molar-refractivity contribution in [3.63, 3.8) is 0 Å². The topological polar surface area (TPSA) is 3.24 Å². The molecule has 0 spiro atoms. The van der Waals surface area contributed by atoms with Crippen molar-refractivity contribution in [2.24, 2.45) is 5.92 Å². The van der Waals surface area contributed by atoms with E-state index in [4.69, 9.17) is 0 Å². The van der Waals surface area contributed by atoms with Crippen LogP contribution in [0.15, 0.2) is 84.5 Å². The van der Waals surface area contributed by atoms with Crippen molar-refractivity contribution in [2.45, 2.75) is 31.7 Å². The SMILES string of the molecule is C1=CCC2CCN(c3ccccc3)C(CCc3ccccc3)C2=C1. The Morgan fingerprint density at radius 3 is 2.46 bits per heavy atom. The van der Waals surface area contributed by atoms with E-state index in [0.717, 1.165) is 12.3 Å². The smallest absolute Gasteiger partial charge is 0.0511 e. The van der Waals surface area contributed by atoms with Gasteiger partial charge in [-0.25, -0.2) is 0 Å². The van der Waals surface area contributed by atoms with Gasteiger partial charge >= 0.3 is 0 Å². The third kappa shape index (κ3) is 3.17. The van der Waals surface area contributed by atoms with Crippen LogP contribution >= 0.6 is 0 Å². The van der Waals surface area contributed by atoms with Crippen LogP contribution in [0.2, 0.25) is 0 Å². The third-order valence-electron chi connectivity index (χ3n) is 5.43. The molecule has 0 amide bonds. The molecule has 2 aromatic rings. The van der Waals surface area contributed by atoms with Crippen molar-refractivity contribution in [1.82, 2.24) is 0 Å². The number of rotatable bonds is 4. The summed E-state index contributed by atoms with van der Waals surface area (Å²) in [6.45, 7) is 1.17. The van der Waals surface area contributed by atoms with E-state index in [0.29, 0.717) is 6.04 Å². The molecule has 2 aromatic carbocycles. The van der Waals surface area contributed by atoms with Gasteiger partial charge in [0.25, 0.3) is 0 Å². The van der Waals surface area contributed by atoms with Gasteiger partial charge in [-0.05, 0) is 54.9 Å². The highest BCUT2D eigenvalue weighted by molar-refractivity contribution is 5.51. The minimum Gasteiger partial charge on any atom is -0.365 e. The highest BCUT2D eigenvalue weighted by Crippen LogP contribution is 2.37. The Hall–Kier alpha value is -2.28. The molecule has 24 heavy (non-hydrogen) atoms. The fourth-order valence-electron chi connectivity index (χ4n) is 4.19.